The number of nitrogens with zero attached hydrogens (tertiary/aromatic N) is 2. The number of hydrogen-bond acceptors (Lipinski definition) is 10. The number of methoxy groups -OCH3 is 1. The average molecular weight is 367 g/mol. The number of nitro groups is 2. The molecule has 1 aliphatic rings. The molecule has 26 heavy (non-hydrogen) atoms. The van der Waals surface area contributed by atoms with Crippen LogP contribution in [0.4, 0.5) is 17.1 Å². The molecule has 12 nitrogen and oxygen atoms in total. The van der Waals surface area contributed by atoms with Crippen LogP contribution in [0.5, 0.6) is 5.75 Å². The molecule has 0 saturated carbocycles. The van der Waals surface area contributed by atoms with Crippen molar-refractivity contribution in [1.29, 1.82) is 0 Å². The molecule has 0 aliphatic carbocycles. The Morgan fingerprint density at radius 2 is 1.62 bits per heavy atom. The van der Waals surface area contributed by atoms with Gasteiger partial charge in [-0.25, -0.2) is 9.59 Å². The van der Waals surface area contributed by atoms with Gasteiger partial charge in [-0.05, 0) is 12.1 Å². The second-order valence-corrected chi connectivity index (χ2v) is 5.41. The normalized spacial score (nSPS) is 15.6. The molecule has 1 aromatic carbocycles. The van der Waals surface area contributed by atoms with Crippen LogP contribution in [0, 0.1) is 20.2 Å². The fraction of sp³-hybridized carbons (Fsp3) is 0.286. The van der Waals surface area contributed by atoms with Crippen LogP contribution in [0.25, 0.3) is 0 Å². The van der Waals surface area contributed by atoms with Crippen LogP contribution >= 0.6 is 0 Å². The standard InChI is InChI=1S/C14H13N3O9/c1-14(2)25-12(18)7(13(19)26-14)6-15-8-4-5-9(24-3)11(17(22)23)10(8)16(20)21/h4-6,15H,1-3H3. The first-order chi connectivity index (χ1) is 12.1. The zero-order valence-corrected chi connectivity index (χ0v) is 13.8. The molecule has 1 fully saturated rings. The molecule has 0 amide bonds. The van der Waals surface area contributed by atoms with E-state index in [9.17, 15) is 29.8 Å². The predicted molar refractivity (Wildman–Crippen MR) is 84.3 cm³/mol. The third-order valence-corrected chi connectivity index (χ3v) is 3.19. The van der Waals surface area contributed by atoms with E-state index in [1.54, 1.807) is 0 Å². The maximum atomic E-state index is 11.8. The highest BCUT2D eigenvalue weighted by molar-refractivity contribution is 6.15. The van der Waals surface area contributed by atoms with Crippen molar-refractivity contribution in [3.63, 3.8) is 0 Å². The lowest BCUT2D eigenvalue weighted by Gasteiger charge is -2.29. The van der Waals surface area contributed by atoms with E-state index in [4.69, 9.17) is 14.2 Å². The number of carbonyl (C=O) groups excluding carboxylic acids is 2. The second kappa shape index (κ2) is 6.66. The Kier molecular flexibility index (Phi) is 4.77. The lowest BCUT2D eigenvalue weighted by atomic mass is 10.2. The molecule has 1 N–H and O–H groups in total. The number of rotatable bonds is 5. The molecule has 0 bridgehead atoms. The summed E-state index contributed by atoms with van der Waals surface area (Å²) in [6.45, 7) is 2.70. The first kappa shape index (κ1) is 18.6. The van der Waals surface area contributed by atoms with Crippen LogP contribution in [0.3, 0.4) is 0 Å². The minimum absolute atomic E-state index is 0.321. The van der Waals surface area contributed by atoms with Gasteiger partial charge in [0.2, 0.25) is 5.75 Å². The van der Waals surface area contributed by atoms with Crippen LogP contribution in [0.15, 0.2) is 23.9 Å². The van der Waals surface area contributed by atoms with E-state index in [-0.39, 0.29) is 11.4 Å². The van der Waals surface area contributed by atoms with E-state index in [0.717, 1.165) is 25.4 Å². The SMILES string of the molecule is COc1ccc(NC=C2C(=O)OC(C)(C)OC2=O)c([N+](=O)[O-])c1[N+](=O)[O-]. The molecule has 1 saturated heterocycles. The van der Waals surface area contributed by atoms with Crippen molar-refractivity contribution in [2.24, 2.45) is 0 Å². The molecular weight excluding hydrogens is 354 g/mol. The van der Waals surface area contributed by atoms with Gasteiger partial charge >= 0.3 is 23.3 Å². The number of nitro benzene ring substituents is 2. The van der Waals surface area contributed by atoms with Crippen molar-refractivity contribution in [2.75, 3.05) is 12.4 Å². The number of benzene rings is 1. The van der Waals surface area contributed by atoms with E-state index >= 15 is 0 Å². The highest BCUT2D eigenvalue weighted by Gasteiger charge is 2.39. The first-order valence-electron chi connectivity index (χ1n) is 7.00. The lowest BCUT2D eigenvalue weighted by Crippen LogP contribution is -2.42. The van der Waals surface area contributed by atoms with Crippen LogP contribution in [-0.4, -0.2) is 34.7 Å². The largest absolute Gasteiger partial charge is 0.490 e. The monoisotopic (exact) mass is 367 g/mol. The summed E-state index contributed by atoms with van der Waals surface area (Å²) in [6, 6.07) is 2.26. The molecule has 0 aromatic heterocycles. The third-order valence-electron chi connectivity index (χ3n) is 3.19. The minimum Gasteiger partial charge on any atom is -0.490 e. The van der Waals surface area contributed by atoms with Crippen molar-refractivity contribution in [3.8, 4) is 5.75 Å². The molecule has 1 heterocycles. The Hall–Kier alpha value is -3.70. The maximum absolute atomic E-state index is 11.8. The lowest BCUT2D eigenvalue weighted by molar-refractivity contribution is -0.422. The van der Waals surface area contributed by atoms with Crippen LogP contribution in [-0.2, 0) is 19.1 Å². The van der Waals surface area contributed by atoms with Gasteiger partial charge in [-0.3, -0.25) is 20.2 Å². The fourth-order valence-corrected chi connectivity index (χ4v) is 2.13. The van der Waals surface area contributed by atoms with Crippen molar-refractivity contribution in [1.82, 2.24) is 0 Å². The fourth-order valence-electron chi connectivity index (χ4n) is 2.13. The molecule has 2 rings (SSSR count). The topological polar surface area (TPSA) is 160 Å². The van der Waals surface area contributed by atoms with Crippen LogP contribution in [0.2, 0.25) is 0 Å². The van der Waals surface area contributed by atoms with Gasteiger partial charge in [-0.15, -0.1) is 0 Å². The Morgan fingerprint density at radius 3 is 2.08 bits per heavy atom. The predicted octanol–water partition coefficient (Wildman–Crippen LogP) is 1.64. The number of carbonyl (C=O) groups is 2. The van der Waals surface area contributed by atoms with E-state index < -0.39 is 44.5 Å². The number of nitrogens with one attached hydrogen (secondary N) is 1. The Labute approximate surface area is 145 Å². The second-order valence-electron chi connectivity index (χ2n) is 5.41. The Bertz CT molecular complexity index is 822. The quantitative estimate of drug-likeness (QED) is 0.266. The van der Waals surface area contributed by atoms with Crippen molar-refractivity contribution in [2.45, 2.75) is 19.6 Å². The number of ether oxygens (including phenoxy) is 3. The van der Waals surface area contributed by atoms with E-state index in [2.05, 4.69) is 5.32 Å². The van der Waals surface area contributed by atoms with Gasteiger partial charge in [-0.2, -0.15) is 0 Å². The summed E-state index contributed by atoms with van der Waals surface area (Å²) in [7, 11) is 1.12. The Balaban J connectivity index is 2.46. The summed E-state index contributed by atoms with van der Waals surface area (Å²) in [5.74, 6) is -3.79. The average Bonchev–Trinajstić information content (AvgIpc) is 2.51. The first-order valence-corrected chi connectivity index (χ1v) is 7.00. The number of anilines is 1. The summed E-state index contributed by atoms with van der Waals surface area (Å²) < 4.78 is 14.5. The molecule has 1 aliphatic heterocycles. The highest BCUT2D eigenvalue weighted by atomic mass is 16.7. The molecule has 138 valence electrons. The zero-order valence-electron chi connectivity index (χ0n) is 13.8. The van der Waals surface area contributed by atoms with Gasteiger partial charge in [-0.1, -0.05) is 0 Å². The van der Waals surface area contributed by atoms with Crippen molar-refractivity contribution in [3.05, 3.63) is 44.1 Å². The number of hydrogen-bond donors (Lipinski definition) is 1. The van der Waals surface area contributed by atoms with Gasteiger partial charge in [0, 0.05) is 20.0 Å². The molecular formula is C14H13N3O9. The molecule has 0 unspecified atom stereocenters. The van der Waals surface area contributed by atoms with Gasteiger partial charge in [0.15, 0.2) is 5.57 Å². The maximum Gasteiger partial charge on any atom is 0.389 e. The van der Waals surface area contributed by atoms with E-state index in [1.165, 1.54) is 13.8 Å². The summed E-state index contributed by atoms with van der Waals surface area (Å²) in [5, 5.41) is 24.8. The number of esters is 2. The molecule has 12 heteroatoms. The van der Waals surface area contributed by atoms with E-state index in [1.807, 2.05) is 0 Å². The van der Waals surface area contributed by atoms with Crippen molar-refractivity contribution >= 4 is 29.0 Å². The summed E-state index contributed by atoms with van der Waals surface area (Å²) in [6.07, 6.45) is 0.818. The molecule has 0 atom stereocenters. The van der Waals surface area contributed by atoms with Crippen LogP contribution < -0.4 is 10.1 Å². The molecule has 0 spiro atoms. The van der Waals surface area contributed by atoms with Gasteiger partial charge in [0.05, 0.1) is 17.0 Å². The Morgan fingerprint density at radius 1 is 1.08 bits per heavy atom. The molecule has 1 aromatic rings. The summed E-state index contributed by atoms with van der Waals surface area (Å²) in [5.41, 5.74) is -2.67. The zero-order chi connectivity index (χ0) is 19.6. The third kappa shape index (κ3) is 3.53. The van der Waals surface area contributed by atoms with Gasteiger partial charge < -0.3 is 19.5 Å². The minimum atomic E-state index is -1.45. The van der Waals surface area contributed by atoms with Crippen LogP contribution in [0.1, 0.15) is 13.8 Å². The van der Waals surface area contributed by atoms with Crippen molar-refractivity contribution < 1.29 is 33.6 Å². The van der Waals surface area contributed by atoms with E-state index in [0.29, 0.717) is 0 Å². The smallest absolute Gasteiger partial charge is 0.389 e. The summed E-state index contributed by atoms with van der Waals surface area (Å²) >= 11 is 0. The molecule has 0 radical (unpaired) electrons. The van der Waals surface area contributed by atoms with Gasteiger partial charge in [0.1, 0.15) is 5.69 Å². The number of cyclic esters (lactones) is 2. The summed E-state index contributed by atoms with van der Waals surface area (Å²) in [4.78, 5) is 44.2. The van der Waals surface area contributed by atoms with Gasteiger partial charge in [0.25, 0.3) is 5.79 Å². The highest BCUT2D eigenvalue weighted by Crippen LogP contribution is 2.42.